The van der Waals surface area contributed by atoms with Crippen LogP contribution in [0.3, 0.4) is 0 Å². The Morgan fingerprint density at radius 1 is 1.03 bits per heavy atom. The second kappa shape index (κ2) is 7.61. The Bertz CT molecular complexity index is 1250. The highest BCUT2D eigenvalue weighted by Crippen LogP contribution is 2.39. The summed E-state index contributed by atoms with van der Waals surface area (Å²) < 4.78 is 15.7. The van der Waals surface area contributed by atoms with Gasteiger partial charge in [0.25, 0.3) is 0 Å². The lowest BCUT2D eigenvalue weighted by atomic mass is 9.92. The predicted octanol–water partition coefficient (Wildman–Crippen LogP) is 6.25. The predicted molar refractivity (Wildman–Crippen MR) is 120 cm³/mol. The number of hydrogen-bond acceptors (Lipinski definition) is 1. The van der Waals surface area contributed by atoms with Crippen molar-refractivity contribution in [1.29, 1.82) is 0 Å². The van der Waals surface area contributed by atoms with Gasteiger partial charge in [-0.15, -0.1) is 0 Å². The average Bonchev–Trinajstić information content (AvgIpc) is 3.14. The number of anilines is 1. The molecule has 6 heteroatoms. The summed E-state index contributed by atoms with van der Waals surface area (Å²) in [4.78, 5) is 18.5. The number of nitrogens with one attached hydrogen (secondary N) is 2. The first kappa shape index (κ1) is 18.9. The summed E-state index contributed by atoms with van der Waals surface area (Å²) in [6, 6.07) is 21.4. The molecule has 0 aliphatic carbocycles. The summed E-state index contributed by atoms with van der Waals surface area (Å²) in [5, 5.41) is 4.09. The summed E-state index contributed by atoms with van der Waals surface area (Å²) in [7, 11) is 0. The van der Waals surface area contributed by atoms with Crippen molar-refractivity contribution < 1.29 is 9.18 Å². The number of amides is 2. The topological polar surface area (TPSA) is 48.1 Å². The van der Waals surface area contributed by atoms with Gasteiger partial charge in [0.1, 0.15) is 11.9 Å². The lowest BCUT2D eigenvalue weighted by molar-refractivity contribution is 0.192. The number of fused-ring (bicyclic) bond motifs is 3. The van der Waals surface area contributed by atoms with E-state index in [0.29, 0.717) is 24.2 Å². The summed E-state index contributed by atoms with van der Waals surface area (Å²) in [6.07, 6.45) is 0.702. The van der Waals surface area contributed by atoms with E-state index >= 15 is 0 Å². The van der Waals surface area contributed by atoms with Crippen molar-refractivity contribution in [3.05, 3.63) is 99.9 Å². The molecule has 30 heavy (non-hydrogen) atoms. The largest absolute Gasteiger partial charge is 0.356 e. The first-order valence-electron chi connectivity index (χ1n) is 9.79. The first-order chi connectivity index (χ1) is 14.6. The van der Waals surface area contributed by atoms with Gasteiger partial charge >= 0.3 is 6.03 Å². The van der Waals surface area contributed by atoms with Crippen LogP contribution >= 0.6 is 15.9 Å². The molecule has 1 aliphatic heterocycles. The van der Waals surface area contributed by atoms with Gasteiger partial charge in [-0.25, -0.2) is 9.18 Å². The van der Waals surface area contributed by atoms with Crippen LogP contribution in [0.5, 0.6) is 0 Å². The number of rotatable bonds is 2. The van der Waals surface area contributed by atoms with E-state index in [2.05, 4.69) is 32.3 Å². The molecule has 1 aromatic heterocycles. The van der Waals surface area contributed by atoms with E-state index in [9.17, 15) is 9.18 Å². The average molecular weight is 464 g/mol. The third-order valence-corrected chi connectivity index (χ3v) is 6.30. The Labute approximate surface area is 181 Å². The van der Waals surface area contributed by atoms with E-state index in [1.165, 1.54) is 6.07 Å². The van der Waals surface area contributed by atoms with E-state index in [-0.39, 0.29) is 11.8 Å². The van der Waals surface area contributed by atoms with E-state index in [1.54, 1.807) is 23.1 Å². The monoisotopic (exact) mass is 463 g/mol. The lowest BCUT2D eigenvalue weighted by Crippen LogP contribution is -2.43. The molecule has 0 bridgehead atoms. The van der Waals surface area contributed by atoms with Gasteiger partial charge < -0.3 is 15.2 Å². The molecular weight excluding hydrogens is 445 g/mol. The third-order valence-electron chi connectivity index (χ3n) is 5.61. The van der Waals surface area contributed by atoms with Crippen LogP contribution < -0.4 is 5.32 Å². The van der Waals surface area contributed by atoms with Gasteiger partial charge in [0.05, 0.1) is 5.69 Å². The fourth-order valence-electron chi connectivity index (χ4n) is 4.23. The minimum Gasteiger partial charge on any atom is -0.356 e. The molecule has 1 atom stereocenters. The SMILES string of the molecule is O=C(Nc1ccccc1Br)N1CCc2c([nH]c3ccccc23)[C@H]1c1ccccc1F. The zero-order valence-electron chi connectivity index (χ0n) is 16.0. The molecule has 2 N–H and O–H groups in total. The fourth-order valence-corrected chi connectivity index (χ4v) is 4.61. The van der Waals surface area contributed by atoms with Crippen molar-refractivity contribution in [1.82, 2.24) is 9.88 Å². The molecule has 5 rings (SSSR count). The number of nitrogens with zero attached hydrogens (tertiary/aromatic N) is 1. The number of aromatic amines is 1. The zero-order chi connectivity index (χ0) is 20.7. The molecule has 0 unspecified atom stereocenters. The van der Waals surface area contributed by atoms with Gasteiger partial charge in [-0.05, 0) is 52.2 Å². The Morgan fingerprint density at radius 2 is 1.77 bits per heavy atom. The number of carbonyl (C=O) groups is 1. The molecule has 0 fully saturated rings. The number of urea groups is 1. The van der Waals surface area contributed by atoms with Gasteiger partial charge in [-0.3, -0.25) is 0 Å². The van der Waals surface area contributed by atoms with Crippen molar-refractivity contribution in [3.63, 3.8) is 0 Å². The lowest BCUT2D eigenvalue weighted by Gasteiger charge is -2.36. The summed E-state index contributed by atoms with van der Waals surface area (Å²) >= 11 is 3.47. The Morgan fingerprint density at radius 3 is 2.60 bits per heavy atom. The second-order valence-corrected chi connectivity index (χ2v) is 8.19. The smallest absolute Gasteiger partial charge is 0.322 e. The maximum Gasteiger partial charge on any atom is 0.322 e. The highest BCUT2D eigenvalue weighted by Gasteiger charge is 2.36. The van der Waals surface area contributed by atoms with E-state index < -0.39 is 6.04 Å². The maximum absolute atomic E-state index is 14.9. The number of aromatic nitrogens is 1. The summed E-state index contributed by atoms with van der Waals surface area (Å²) in [5.74, 6) is -0.326. The van der Waals surface area contributed by atoms with Crippen LogP contribution in [0, 0.1) is 5.82 Å². The molecule has 3 aromatic carbocycles. The number of H-pyrrole nitrogens is 1. The highest BCUT2D eigenvalue weighted by atomic mass is 79.9. The Kier molecular flexibility index (Phi) is 4.79. The molecule has 4 aromatic rings. The molecular formula is C24H19BrFN3O. The molecule has 0 spiro atoms. The van der Waals surface area contributed by atoms with E-state index in [4.69, 9.17) is 0 Å². The number of carbonyl (C=O) groups excluding carboxylic acids is 1. The molecule has 4 nitrogen and oxygen atoms in total. The van der Waals surface area contributed by atoms with Crippen LogP contribution in [-0.4, -0.2) is 22.5 Å². The normalized spacial score (nSPS) is 15.8. The van der Waals surface area contributed by atoms with Crippen LogP contribution in [0.15, 0.2) is 77.3 Å². The van der Waals surface area contributed by atoms with Crippen LogP contribution in [0.2, 0.25) is 0 Å². The third kappa shape index (κ3) is 3.17. The van der Waals surface area contributed by atoms with Gasteiger partial charge in [0.2, 0.25) is 0 Å². The highest BCUT2D eigenvalue weighted by molar-refractivity contribution is 9.10. The van der Waals surface area contributed by atoms with Crippen molar-refractivity contribution in [3.8, 4) is 0 Å². The van der Waals surface area contributed by atoms with Gasteiger partial charge in [-0.1, -0.05) is 48.5 Å². The van der Waals surface area contributed by atoms with Crippen LogP contribution in [-0.2, 0) is 6.42 Å². The molecule has 0 saturated carbocycles. The number of hydrogen-bond donors (Lipinski definition) is 2. The zero-order valence-corrected chi connectivity index (χ0v) is 17.6. The number of halogens is 2. The molecule has 2 amide bonds. The Balaban J connectivity index is 1.61. The standard InChI is InChI=1S/C24H19BrFN3O/c25-18-9-3-6-12-21(18)28-24(30)29-14-13-16-15-7-2-5-11-20(15)27-22(16)23(29)17-8-1-4-10-19(17)26/h1-12,23,27H,13-14H2,(H,28,30)/t23-/m1/s1. The summed E-state index contributed by atoms with van der Waals surface area (Å²) in [6.45, 7) is 0.490. The first-order valence-corrected chi connectivity index (χ1v) is 10.6. The van der Waals surface area contributed by atoms with Gasteiger partial charge in [-0.2, -0.15) is 0 Å². The van der Waals surface area contributed by atoms with Crippen LogP contribution in [0.4, 0.5) is 14.9 Å². The van der Waals surface area contributed by atoms with Crippen molar-refractivity contribution >= 4 is 38.6 Å². The minimum atomic E-state index is -0.537. The number of benzene rings is 3. The van der Waals surface area contributed by atoms with Crippen LogP contribution in [0.25, 0.3) is 10.9 Å². The van der Waals surface area contributed by atoms with Crippen molar-refractivity contribution in [2.24, 2.45) is 0 Å². The molecule has 2 heterocycles. The minimum absolute atomic E-state index is 0.264. The second-order valence-electron chi connectivity index (χ2n) is 7.34. The van der Waals surface area contributed by atoms with Gasteiger partial charge in [0.15, 0.2) is 0 Å². The molecule has 0 saturated heterocycles. The quantitative estimate of drug-likeness (QED) is 0.362. The van der Waals surface area contributed by atoms with Gasteiger partial charge in [0, 0.05) is 33.2 Å². The van der Waals surface area contributed by atoms with E-state index in [0.717, 1.165) is 26.6 Å². The van der Waals surface area contributed by atoms with E-state index in [1.807, 2.05) is 42.5 Å². The summed E-state index contributed by atoms with van der Waals surface area (Å²) in [5.41, 5.74) is 4.17. The van der Waals surface area contributed by atoms with Crippen LogP contribution in [0.1, 0.15) is 22.9 Å². The van der Waals surface area contributed by atoms with Crippen molar-refractivity contribution in [2.75, 3.05) is 11.9 Å². The fraction of sp³-hybridized carbons (Fsp3) is 0.125. The molecule has 1 aliphatic rings. The maximum atomic E-state index is 14.9. The van der Waals surface area contributed by atoms with Crippen molar-refractivity contribution in [2.45, 2.75) is 12.5 Å². The molecule has 150 valence electrons. The molecule has 0 radical (unpaired) electrons. The Hall–Kier alpha value is -3.12. The number of para-hydroxylation sites is 2.